The summed E-state index contributed by atoms with van der Waals surface area (Å²) in [5.74, 6) is -0.813. The fourth-order valence-corrected chi connectivity index (χ4v) is 1.19. The minimum atomic E-state index is -0.951. The number of nitrogens with zero attached hydrogens (tertiary/aromatic N) is 1. The quantitative estimate of drug-likeness (QED) is 0.574. The maximum atomic E-state index is 12.9. The van der Waals surface area contributed by atoms with E-state index in [0.717, 1.165) is 12.1 Å². The lowest BCUT2D eigenvalue weighted by Crippen LogP contribution is -2.44. The number of nitro groups is 1. The predicted octanol–water partition coefficient (Wildman–Crippen LogP) is 1.52. The average Bonchev–Trinajstić information content (AvgIpc) is 2.38. The van der Waals surface area contributed by atoms with Gasteiger partial charge in [-0.2, -0.15) is 0 Å². The molecule has 3 N–H and O–H groups in total. The molecule has 0 fully saturated rings. The Labute approximate surface area is 112 Å². The monoisotopic (exact) mass is 286 g/mol. The molecule has 0 saturated carbocycles. The Balaban J connectivity index is 2.66. The van der Waals surface area contributed by atoms with Crippen LogP contribution in [0.2, 0.25) is 0 Å². The first-order chi connectivity index (χ1) is 9.43. The summed E-state index contributed by atoms with van der Waals surface area (Å²) in [6, 6.07) is 1.68. The molecule has 3 amide bonds. The number of ether oxygens (including phenoxy) is 1. The van der Waals surface area contributed by atoms with Crippen molar-refractivity contribution >= 4 is 23.5 Å². The summed E-state index contributed by atoms with van der Waals surface area (Å²) in [4.78, 5) is 32.1. The van der Waals surface area contributed by atoms with E-state index in [1.807, 2.05) is 10.9 Å². The van der Waals surface area contributed by atoms with Gasteiger partial charge in [0.15, 0.2) is 0 Å². The second kappa shape index (κ2) is 6.87. The zero-order valence-electron chi connectivity index (χ0n) is 10.3. The summed E-state index contributed by atoms with van der Waals surface area (Å²) in [5.41, 5.74) is 2.96. The third kappa shape index (κ3) is 4.40. The molecule has 108 valence electrons. The van der Waals surface area contributed by atoms with Crippen molar-refractivity contribution in [1.29, 1.82) is 0 Å². The number of urea groups is 1. The van der Waals surface area contributed by atoms with Gasteiger partial charge in [0.05, 0.1) is 17.6 Å². The highest BCUT2D eigenvalue weighted by molar-refractivity contribution is 5.92. The third-order valence-corrected chi connectivity index (χ3v) is 1.96. The summed E-state index contributed by atoms with van der Waals surface area (Å²) in [6.45, 7) is 1.68. The largest absolute Gasteiger partial charge is 0.449 e. The number of hydrazine groups is 1. The smallest absolute Gasteiger partial charge is 0.426 e. The molecule has 0 aromatic heterocycles. The van der Waals surface area contributed by atoms with Gasteiger partial charge in [-0.1, -0.05) is 0 Å². The zero-order valence-corrected chi connectivity index (χ0v) is 10.3. The number of nitrogens with one attached hydrogen (secondary N) is 3. The molecule has 1 rings (SSSR count). The molecule has 0 aliphatic heterocycles. The van der Waals surface area contributed by atoms with Gasteiger partial charge in [-0.25, -0.2) is 24.8 Å². The molecule has 0 aliphatic carbocycles. The van der Waals surface area contributed by atoms with Gasteiger partial charge in [0.1, 0.15) is 11.5 Å². The molecule has 1 aromatic carbocycles. The highest BCUT2D eigenvalue weighted by Gasteiger charge is 2.17. The lowest BCUT2D eigenvalue weighted by atomic mass is 10.2. The lowest BCUT2D eigenvalue weighted by Gasteiger charge is -2.09. The van der Waals surface area contributed by atoms with Crippen LogP contribution in [0, 0.1) is 15.9 Å². The standard InChI is InChI=1S/C10H11FN4O5/c1-2-20-10(17)14-13-9(16)12-7-4-3-6(11)5-8(7)15(18)19/h3-5H,2H2,1H3,(H,14,17)(H2,12,13,16). The molecule has 10 heteroatoms. The zero-order chi connectivity index (χ0) is 15.1. The Morgan fingerprint density at radius 2 is 2.10 bits per heavy atom. The van der Waals surface area contributed by atoms with E-state index in [2.05, 4.69) is 10.1 Å². The second-order valence-electron chi connectivity index (χ2n) is 3.34. The maximum Gasteiger partial charge on any atom is 0.426 e. The number of carbonyl (C=O) groups excluding carboxylic acids is 2. The van der Waals surface area contributed by atoms with Crippen LogP contribution in [-0.2, 0) is 4.74 Å². The van der Waals surface area contributed by atoms with Crippen molar-refractivity contribution in [3.8, 4) is 0 Å². The molecule has 0 unspecified atom stereocenters. The van der Waals surface area contributed by atoms with Crippen molar-refractivity contribution in [3.05, 3.63) is 34.1 Å². The van der Waals surface area contributed by atoms with Gasteiger partial charge < -0.3 is 10.1 Å². The Bertz CT molecular complexity index is 536. The summed E-state index contributed by atoms with van der Waals surface area (Å²) >= 11 is 0. The van der Waals surface area contributed by atoms with E-state index in [1.165, 1.54) is 0 Å². The molecule has 9 nitrogen and oxygen atoms in total. The number of benzene rings is 1. The summed E-state index contributed by atoms with van der Waals surface area (Å²) in [5, 5.41) is 12.8. The van der Waals surface area contributed by atoms with Crippen LogP contribution in [0.25, 0.3) is 0 Å². The number of nitro benzene ring substituents is 1. The first kappa shape index (κ1) is 15.1. The van der Waals surface area contributed by atoms with Gasteiger partial charge in [0.2, 0.25) is 0 Å². The minimum Gasteiger partial charge on any atom is -0.449 e. The van der Waals surface area contributed by atoms with Gasteiger partial charge in [0.25, 0.3) is 5.69 Å². The number of amides is 3. The van der Waals surface area contributed by atoms with Crippen molar-refractivity contribution in [2.24, 2.45) is 0 Å². The van der Waals surface area contributed by atoms with E-state index >= 15 is 0 Å². The van der Waals surface area contributed by atoms with Crippen LogP contribution in [0.3, 0.4) is 0 Å². The fourth-order valence-electron chi connectivity index (χ4n) is 1.19. The normalized spacial score (nSPS) is 9.50. The van der Waals surface area contributed by atoms with Crippen molar-refractivity contribution in [1.82, 2.24) is 10.9 Å². The van der Waals surface area contributed by atoms with Crippen LogP contribution < -0.4 is 16.2 Å². The number of hydrogen-bond acceptors (Lipinski definition) is 5. The van der Waals surface area contributed by atoms with Crippen LogP contribution in [0.4, 0.5) is 25.4 Å². The number of rotatable bonds is 3. The topological polar surface area (TPSA) is 123 Å². The van der Waals surface area contributed by atoms with Crippen LogP contribution in [-0.4, -0.2) is 23.7 Å². The molecule has 20 heavy (non-hydrogen) atoms. The maximum absolute atomic E-state index is 12.9. The molecule has 0 saturated heterocycles. The Morgan fingerprint density at radius 3 is 2.70 bits per heavy atom. The summed E-state index contributed by atoms with van der Waals surface area (Å²) in [6.07, 6.45) is -0.892. The Hall–Kier alpha value is -2.91. The van der Waals surface area contributed by atoms with Crippen LogP contribution in [0.15, 0.2) is 18.2 Å². The molecule has 0 heterocycles. The van der Waals surface area contributed by atoms with Gasteiger partial charge in [-0.15, -0.1) is 0 Å². The number of anilines is 1. The first-order valence-electron chi connectivity index (χ1n) is 5.37. The van der Waals surface area contributed by atoms with E-state index < -0.39 is 28.6 Å². The first-order valence-corrected chi connectivity index (χ1v) is 5.37. The molecule has 0 spiro atoms. The van der Waals surface area contributed by atoms with Gasteiger partial charge in [0, 0.05) is 0 Å². The molecular formula is C10H11FN4O5. The number of halogens is 1. The SMILES string of the molecule is CCOC(=O)NNC(=O)Nc1ccc(F)cc1[N+](=O)[O-]. The van der Waals surface area contributed by atoms with Crippen molar-refractivity contribution < 1.29 is 23.6 Å². The number of carbonyl (C=O) groups is 2. The lowest BCUT2D eigenvalue weighted by molar-refractivity contribution is -0.384. The number of hydrogen-bond donors (Lipinski definition) is 3. The van der Waals surface area contributed by atoms with Gasteiger partial charge in [-0.3, -0.25) is 10.1 Å². The molecule has 0 bridgehead atoms. The molecule has 1 aromatic rings. The third-order valence-electron chi connectivity index (χ3n) is 1.96. The second-order valence-corrected chi connectivity index (χ2v) is 3.34. The van der Waals surface area contributed by atoms with E-state index in [-0.39, 0.29) is 12.3 Å². The van der Waals surface area contributed by atoms with Crippen molar-refractivity contribution in [2.45, 2.75) is 6.92 Å². The summed E-state index contributed by atoms with van der Waals surface area (Å²) < 4.78 is 17.3. The predicted molar refractivity (Wildman–Crippen MR) is 65.4 cm³/mol. The molecule has 0 radical (unpaired) electrons. The van der Waals surface area contributed by atoms with E-state index in [4.69, 9.17) is 0 Å². The van der Waals surface area contributed by atoms with Crippen LogP contribution >= 0.6 is 0 Å². The van der Waals surface area contributed by atoms with Gasteiger partial charge in [-0.05, 0) is 19.1 Å². The fraction of sp³-hybridized carbons (Fsp3) is 0.200. The van der Waals surface area contributed by atoms with E-state index in [0.29, 0.717) is 6.07 Å². The van der Waals surface area contributed by atoms with Gasteiger partial charge >= 0.3 is 12.1 Å². The molecule has 0 atom stereocenters. The van der Waals surface area contributed by atoms with Crippen LogP contribution in [0.1, 0.15) is 6.92 Å². The molecular weight excluding hydrogens is 275 g/mol. The average molecular weight is 286 g/mol. The molecule has 0 aliphatic rings. The van der Waals surface area contributed by atoms with Crippen LogP contribution in [0.5, 0.6) is 0 Å². The Morgan fingerprint density at radius 1 is 1.40 bits per heavy atom. The Kier molecular flexibility index (Phi) is 5.21. The van der Waals surface area contributed by atoms with E-state index in [1.54, 1.807) is 6.92 Å². The van der Waals surface area contributed by atoms with Crippen molar-refractivity contribution in [3.63, 3.8) is 0 Å². The minimum absolute atomic E-state index is 0.110. The highest BCUT2D eigenvalue weighted by atomic mass is 19.1. The summed E-state index contributed by atoms with van der Waals surface area (Å²) in [7, 11) is 0. The highest BCUT2D eigenvalue weighted by Crippen LogP contribution is 2.24. The van der Waals surface area contributed by atoms with Crippen molar-refractivity contribution in [2.75, 3.05) is 11.9 Å². The van der Waals surface area contributed by atoms with E-state index in [9.17, 15) is 24.1 Å².